The number of para-hydroxylation sites is 1. The molecule has 6 heteroatoms. The molecule has 0 atom stereocenters. The number of aromatic hydroxyl groups is 1. The molecule has 2 aromatic carbocycles. The number of benzene rings is 2. The molecule has 0 aliphatic carbocycles. The summed E-state index contributed by atoms with van der Waals surface area (Å²) in [5.41, 5.74) is 3.20. The van der Waals surface area contributed by atoms with Crippen LogP contribution in [0.5, 0.6) is 5.88 Å². The van der Waals surface area contributed by atoms with Crippen molar-refractivity contribution in [1.82, 2.24) is 9.97 Å². The van der Waals surface area contributed by atoms with Crippen LogP contribution in [0.15, 0.2) is 66.0 Å². The van der Waals surface area contributed by atoms with Crippen molar-refractivity contribution in [2.24, 2.45) is 0 Å². The highest BCUT2D eigenvalue weighted by molar-refractivity contribution is 7.99. The van der Waals surface area contributed by atoms with E-state index in [1.165, 1.54) is 11.8 Å². The lowest BCUT2D eigenvalue weighted by molar-refractivity contribution is -0.113. The number of thioether (sulfide) groups is 1. The van der Waals surface area contributed by atoms with Gasteiger partial charge < -0.3 is 10.4 Å². The minimum absolute atomic E-state index is 0.0944. The van der Waals surface area contributed by atoms with E-state index in [1.54, 1.807) is 6.20 Å². The monoisotopic (exact) mass is 351 g/mol. The van der Waals surface area contributed by atoms with Crippen LogP contribution in [0.3, 0.4) is 0 Å². The van der Waals surface area contributed by atoms with Gasteiger partial charge in [0.2, 0.25) is 11.8 Å². The molecule has 0 spiro atoms. The first kappa shape index (κ1) is 17.0. The summed E-state index contributed by atoms with van der Waals surface area (Å²) in [6.45, 7) is 1.94. The largest absolute Gasteiger partial charge is 0.493 e. The fourth-order valence-electron chi connectivity index (χ4n) is 2.28. The Morgan fingerprint density at radius 1 is 1.12 bits per heavy atom. The van der Waals surface area contributed by atoms with Crippen molar-refractivity contribution in [2.45, 2.75) is 12.1 Å². The Morgan fingerprint density at radius 2 is 1.84 bits per heavy atom. The van der Waals surface area contributed by atoms with Crippen molar-refractivity contribution in [1.29, 1.82) is 0 Å². The van der Waals surface area contributed by atoms with Gasteiger partial charge in [-0.05, 0) is 24.1 Å². The Morgan fingerprint density at radius 3 is 2.56 bits per heavy atom. The minimum Gasteiger partial charge on any atom is -0.493 e. The van der Waals surface area contributed by atoms with Gasteiger partial charge in [-0.1, -0.05) is 60.3 Å². The lowest BCUT2D eigenvalue weighted by Gasteiger charge is -2.08. The molecule has 0 aliphatic heterocycles. The second-order valence-electron chi connectivity index (χ2n) is 5.41. The van der Waals surface area contributed by atoms with Crippen molar-refractivity contribution < 1.29 is 9.90 Å². The summed E-state index contributed by atoms with van der Waals surface area (Å²) in [5.74, 6) is -0.0733. The number of aromatic nitrogens is 2. The molecule has 0 unspecified atom stereocenters. The van der Waals surface area contributed by atoms with Gasteiger partial charge in [0.05, 0.1) is 11.3 Å². The molecule has 3 rings (SSSR count). The lowest BCUT2D eigenvalue weighted by Crippen LogP contribution is -2.15. The zero-order valence-electron chi connectivity index (χ0n) is 13.6. The average Bonchev–Trinajstić information content (AvgIpc) is 2.63. The van der Waals surface area contributed by atoms with Gasteiger partial charge in [-0.2, -0.15) is 4.98 Å². The minimum atomic E-state index is -0.144. The molecule has 1 amide bonds. The number of hydrogen-bond acceptors (Lipinski definition) is 5. The van der Waals surface area contributed by atoms with Gasteiger partial charge in [0.15, 0.2) is 5.16 Å². The van der Waals surface area contributed by atoms with E-state index in [0.717, 1.165) is 16.8 Å². The van der Waals surface area contributed by atoms with Crippen LogP contribution in [0.2, 0.25) is 0 Å². The smallest absolute Gasteiger partial charge is 0.234 e. The van der Waals surface area contributed by atoms with E-state index in [1.807, 2.05) is 61.5 Å². The molecule has 0 aliphatic rings. The molecule has 0 fully saturated rings. The summed E-state index contributed by atoms with van der Waals surface area (Å²) in [6, 6.07) is 17.0. The Kier molecular flexibility index (Phi) is 5.30. The van der Waals surface area contributed by atoms with Crippen LogP contribution in [0.25, 0.3) is 11.1 Å². The van der Waals surface area contributed by atoms with E-state index in [2.05, 4.69) is 15.3 Å². The number of amides is 1. The molecule has 5 nitrogen and oxygen atoms in total. The predicted octanol–water partition coefficient (Wildman–Crippen LogP) is 3.89. The average molecular weight is 351 g/mol. The van der Waals surface area contributed by atoms with Crippen LogP contribution in [0.4, 0.5) is 5.69 Å². The molecule has 1 heterocycles. The highest BCUT2D eigenvalue weighted by atomic mass is 32.2. The number of carbonyl (C=O) groups is 1. The van der Waals surface area contributed by atoms with Gasteiger partial charge in [0.1, 0.15) is 0 Å². The van der Waals surface area contributed by atoms with Crippen LogP contribution in [-0.2, 0) is 4.79 Å². The van der Waals surface area contributed by atoms with Crippen molar-refractivity contribution in [3.05, 3.63) is 66.4 Å². The van der Waals surface area contributed by atoms with E-state index in [4.69, 9.17) is 0 Å². The van der Waals surface area contributed by atoms with E-state index >= 15 is 0 Å². The standard InChI is InChI=1S/C19H17N3O2S/c1-13-7-5-6-10-16(13)21-17(23)12-25-19-20-11-15(18(24)22-19)14-8-3-2-4-9-14/h2-11H,12H2,1H3,(H,21,23)(H,20,22,24). The summed E-state index contributed by atoms with van der Waals surface area (Å²) in [4.78, 5) is 20.4. The number of rotatable bonds is 5. The van der Waals surface area contributed by atoms with Gasteiger partial charge in [0, 0.05) is 11.9 Å². The number of nitrogens with one attached hydrogen (secondary N) is 1. The molecule has 0 saturated carbocycles. The molecule has 0 radical (unpaired) electrons. The quantitative estimate of drug-likeness (QED) is 0.539. The maximum atomic E-state index is 12.1. The van der Waals surface area contributed by atoms with E-state index in [9.17, 15) is 9.90 Å². The SMILES string of the molecule is Cc1ccccc1NC(=O)CSc1ncc(-c2ccccc2)c(O)n1. The van der Waals surface area contributed by atoms with Gasteiger partial charge in [-0.25, -0.2) is 4.98 Å². The number of nitrogens with zero attached hydrogens (tertiary/aromatic N) is 2. The Balaban J connectivity index is 1.63. The van der Waals surface area contributed by atoms with Crippen molar-refractivity contribution in [3.63, 3.8) is 0 Å². The Bertz CT molecular complexity index is 885. The van der Waals surface area contributed by atoms with Crippen molar-refractivity contribution in [2.75, 3.05) is 11.1 Å². The summed E-state index contributed by atoms with van der Waals surface area (Å²) in [5, 5.41) is 13.3. The third-order valence-electron chi connectivity index (χ3n) is 3.58. The molecule has 126 valence electrons. The normalized spacial score (nSPS) is 10.4. The highest BCUT2D eigenvalue weighted by Crippen LogP contribution is 2.28. The second kappa shape index (κ2) is 7.81. The Hall–Kier alpha value is -2.86. The van der Waals surface area contributed by atoms with Crippen LogP contribution in [-0.4, -0.2) is 26.7 Å². The molecule has 0 saturated heterocycles. The van der Waals surface area contributed by atoms with Gasteiger partial charge in [0.25, 0.3) is 0 Å². The fraction of sp³-hybridized carbons (Fsp3) is 0.105. The topological polar surface area (TPSA) is 75.1 Å². The maximum Gasteiger partial charge on any atom is 0.234 e. The second-order valence-corrected chi connectivity index (χ2v) is 6.35. The van der Waals surface area contributed by atoms with Gasteiger partial charge >= 0.3 is 0 Å². The molecule has 1 aromatic heterocycles. The molecule has 3 aromatic rings. The van der Waals surface area contributed by atoms with E-state index < -0.39 is 0 Å². The van der Waals surface area contributed by atoms with Crippen LogP contribution >= 0.6 is 11.8 Å². The third-order valence-corrected chi connectivity index (χ3v) is 4.44. The van der Waals surface area contributed by atoms with E-state index in [-0.39, 0.29) is 17.5 Å². The summed E-state index contributed by atoms with van der Waals surface area (Å²) >= 11 is 1.18. The molecule has 2 N–H and O–H groups in total. The van der Waals surface area contributed by atoms with E-state index in [0.29, 0.717) is 10.7 Å². The number of aryl methyl sites for hydroxylation is 1. The van der Waals surface area contributed by atoms with Gasteiger partial charge in [-0.15, -0.1) is 0 Å². The highest BCUT2D eigenvalue weighted by Gasteiger charge is 2.11. The van der Waals surface area contributed by atoms with Crippen molar-refractivity contribution in [3.8, 4) is 17.0 Å². The van der Waals surface area contributed by atoms with Crippen molar-refractivity contribution >= 4 is 23.4 Å². The van der Waals surface area contributed by atoms with Crippen LogP contribution < -0.4 is 5.32 Å². The zero-order chi connectivity index (χ0) is 17.6. The third kappa shape index (κ3) is 4.36. The molecule has 0 bridgehead atoms. The van der Waals surface area contributed by atoms with Gasteiger partial charge in [-0.3, -0.25) is 4.79 Å². The first-order valence-corrected chi connectivity index (χ1v) is 8.72. The first-order valence-electron chi connectivity index (χ1n) is 7.73. The Labute approximate surface area is 150 Å². The number of carbonyl (C=O) groups excluding carboxylic acids is 1. The summed E-state index contributed by atoms with van der Waals surface area (Å²) < 4.78 is 0. The summed E-state index contributed by atoms with van der Waals surface area (Å²) in [6.07, 6.45) is 1.57. The lowest BCUT2D eigenvalue weighted by atomic mass is 10.1. The predicted molar refractivity (Wildman–Crippen MR) is 99.7 cm³/mol. The number of hydrogen-bond donors (Lipinski definition) is 2. The first-order chi connectivity index (χ1) is 12.1. The zero-order valence-corrected chi connectivity index (χ0v) is 14.5. The summed E-state index contributed by atoms with van der Waals surface area (Å²) in [7, 11) is 0. The number of anilines is 1. The maximum absolute atomic E-state index is 12.1. The molecular formula is C19H17N3O2S. The molecular weight excluding hydrogens is 334 g/mol. The van der Waals surface area contributed by atoms with Crippen LogP contribution in [0, 0.1) is 6.92 Å². The molecule has 25 heavy (non-hydrogen) atoms. The van der Waals surface area contributed by atoms with Crippen LogP contribution in [0.1, 0.15) is 5.56 Å². The fourth-order valence-corrected chi connectivity index (χ4v) is 2.89.